The Labute approximate surface area is 154 Å². The van der Waals surface area contributed by atoms with Gasteiger partial charge in [0.2, 0.25) is 0 Å². The first kappa shape index (κ1) is 16.2. The molecular formula is C20H17BrNO3-. The van der Waals surface area contributed by atoms with Gasteiger partial charge in [0.05, 0.1) is 19.1 Å². The number of rotatable bonds is 3. The molecule has 4 rings (SSSR count). The summed E-state index contributed by atoms with van der Waals surface area (Å²) in [5, 5.41) is 15.1. The fraction of sp³-hybridized carbons (Fsp3) is 0.250. The quantitative estimate of drug-likeness (QED) is 0.801. The van der Waals surface area contributed by atoms with E-state index in [2.05, 4.69) is 39.5 Å². The van der Waals surface area contributed by atoms with Crippen LogP contribution < -0.4 is 15.2 Å². The maximum absolute atomic E-state index is 11.7. The molecule has 128 valence electrons. The van der Waals surface area contributed by atoms with E-state index in [0.717, 1.165) is 27.8 Å². The van der Waals surface area contributed by atoms with Crippen molar-refractivity contribution in [2.24, 2.45) is 5.92 Å². The molecule has 25 heavy (non-hydrogen) atoms. The van der Waals surface area contributed by atoms with Crippen molar-refractivity contribution in [1.29, 1.82) is 0 Å². The smallest absolute Gasteiger partial charge is 0.119 e. The molecule has 3 unspecified atom stereocenters. The minimum Gasteiger partial charge on any atom is -0.545 e. The van der Waals surface area contributed by atoms with E-state index in [1.54, 1.807) is 13.2 Å². The number of aromatic carboxylic acids is 1. The Bertz CT molecular complexity index is 877. The molecule has 0 spiro atoms. The maximum Gasteiger partial charge on any atom is 0.119 e. The third-order valence-electron chi connectivity index (χ3n) is 5.11. The van der Waals surface area contributed by atoms with Crippen molar-refractivity contribution in [1.82, 2.24) is 0 Å². The number of allylic oxidation sites excluding steroid dienone is 2. The number of fused-ring (bicyclic) bond motifs is 3. The molecule has 0 amide bonds. The normalized spacial score (nSPS) is 23.5. The lowest BCUT2D eigenvalue weighted by atomic mass is 9.76. The fourth-order valence-electron chi connectivity index (χ4n) is 3.99. The van der Waals surface area contributed by atoms with E-state index < -0.39 is 5.97 Å². The first-order valence-electron chi connectivity index (χ1n) is 8.20. The van der Waals surface area contributed by atoms with Crippen molar-refractivity contribution in [3.8, 4) is 5.75 Å². The van der Waals surface area contributed by atoms with Crippen LogP contribution in [-0.2, 0) is 0 Å². The Kier molecular flexibility index (Phi) is 4.04. The number of hydrogen-bond acceptors (Lipinski definition) is 4. The maximum atomic E-state index is 11.7. The molecule has 0 bridgehead atoms. The van der Waals surface area contributed by atoms with Gasteiger partial charge in [-0.05, 0) is 47.7 Å². The number of ether oxygens (including phenoxy) is 1. The molecule has 1 aliphatic carbocycles. The Hall–Kier alpha value is -2.27. The molecule has 4 nitrogen and oxygen atoms in total. The Morgan fingerprint density at radius 3 is 2.92 bits per heavy atom. The van der Waals surface area contributed by atoms with Gasteiger partial charge in [-0.3, -0.25) is 0 Å². The summed E-state index contributed by atoms with van der Waals surface area (Å²) < 4.78 is 6.11. The highest BCUT2D eigenvalue weighted by molar-refractivity contribution is 9.10. The SMILES string of the molecule is COc1cccc(C2Nc3c(C(=O)[O-])cc(Br)cc3C3C=CCC32)c1. The number of methoxy groups -OCH3 is 1. The highest BCUT2D eigenvalue weighted by atomic mass is 79.9. The molecular weight excluding hydrogens is 382 g/mol. The van der Waals surface area contributed by atoms with Gasteiger partial charge < -0.3 is 20.0 Å². The number of halogens is 1. The van der Waals surface area contributed by atoms with Gasteiger partial charge >= 0.3 is 0 Å². The van der Waals surface area contributed by atoms with Gasteiger partial charge in [-0.2, -0.15) is 0 Å². The predicted molar refractivity (Wildman–Crippen MR) is 97.8 cm³/mol. The summed E-state index contributed by atoms with van der Waals surface area (Å²) in [6.07, 6.45) is 5.31. The molecule has 3 atom stereocenters. The summed E-state index contributed by atoms with van der Waals surface area (Å²) >= 11 is 3.43. The van der Waals surface area contributed by atoms with Crippen molar-refractivity contribution in [2.45, 2.75) is 18.4 Å². The molecule has 0 aromatic heterocycles. The van der Waals surface area contributed by atoms with Crippen molar-refractivity contribution in [3.63, 3.8) is 0 Å². The number of anilines is 1. The topological polar surface area (TPSA) is 61.4 Å². The van der Waals surface area contributed by atoms with Crippen molar-refractivity contribution in [3.05, 3.63) is 69.7 Å². The second kappa shape index (κ2) is 6.23. The zero-order chi connectivity index (χ0) is 17.6. The average molecular weight is 399 g/mol. The lowest BCUT2D eigenvalue weighted by Crippen LogP contribution is -2.32. The summed E-state index contributed by atoms with van der Waals surface area (Å²) in [6, 6.07) is 11.6. The molecule has 1 N–H and O–H groups in total. The van der Waals surface area contributed by atoms with E-state index in [-0.39, 0.29) is 17.5 Å². The molecule has 5 heteroatoms. The van der Waals surface area contributed by atoms with Crippen LogP contribution in [0.15, 0.2) is 53.0 Å². The average Bonchev–Trinajstić information content (AvgIpc) is 3.10. The second-order valence-corrected chi connectivity index (χ2v) is 7.37. The molecule has 1 heterocycles. The standard InChI is InChI=1S/C20H18BrNO3/c1-25-13-5-2-4-11(8-13)18-15-7-3-6-14(15)16-9-12(21)10-17(20(23)24)19(16)22-18/h2-6,8-10,14-15,18,22H,7H2,1H3,(H,23,24)/p-1. The van der Waals surface area contributed by atoms with Crippen LogP contribution in [0, 0.1) is 5.92 Å². The molecule has 0 saturated heterocycles. The largest absolute Gasteiger partial charge is 0.545 e. The predicted octanol–water partition coefficient (Wildman–Crippen LogP) is 3.65. The van der Waals surface area contributed by atoms with Crippen LogP contribution in [0.25, 0.3) is 0 Å². The van der Waals surface area contributed by atoms with E-state index >= 15 is 0 Å². The minimum atomic E-state index is -1.17. The number of carboxylic acids is 1. The van der Waals surface area contributed by atoms with Gasteiger partial charge in [-0.1, -0.05) is 40.2 Å². The summed E-state index contributed by atoms with van der Waals surface area (Å²) in [5.41, 5.74) is 2.95. The third kappa shape index (κ3) is 2.72. The van der Waals surface area contributed by atoms with E-state index in [4.69, 9.17) is 4.74 Å². The van der Waals surface area contributed by atoms with Gasteiger partial charge in [0.25, 0.3) is 0 Å². The van der Waals surface area contributed by atoms with Crippen LogP contribution in [0.5, 0.6) is 5.75 Å². The number of nitrogens with one attached hydrogen (secondary N) is 1. The van der Waals surface area contributed by atoms with Gasteiger partial charge in [-0.25, -0.2) is 0 Å². The summed E-state index contributed by atoms with van der Waals surface area (Å²) in [4.78, 5) is 11.7. The zero-order valence-corrected chi connectivity index (χ0v) is 15.2. The highest BCUT2D eigenvalue weighted by Crippen LogP contribution is 2.51. The van der Waals surface area contributed by atoms with Gasteiger partial charge in [0.15, 0.2) is 0 Å². The number of hydrogen-bond donors (Lipinski definition) is 1. The number of carbonyl (C=O) groups excluding carboxylic acids is 1. The third-order valence-corrected chi connectivity index (χ3v) is 5.56. The van der Waals surface area contributed by atoms with Crippen LogP contribution in [0.2, 0.25) is 0 Å². The molecule has 1 aliphatic heterocycles. The lowest BCUT2D eigenvalue weighted by molar-refractivity contribution is -0.254. The van der Waals surface area contributed by atoms with Crippen LogP contribution in [0.3, 0.4) is 0 Å². The van der Waals surface area contributed by atoms with E-state index in [9.17, 15) is 9.90 Å². The lowest BCUT2D eigenvalue weighted by Gasteiger charge is -2.39. The van der Waals surface area contributed by atoms with Gasteiger partial charge in [-0.15, -0.1) is 0 Å². The summed E-state index contributed by atoms with van der Waals surface area (Å²) in [5.74, 6) is 0.143. The molecule has 0 fully saturated rings. The van der Waals surface area contributed by atoms with Crippen LogP contribution >= 0.6 is 15.9 Å². The number of carboxylic acid groups (broad SMARTS) is 1. The number of benzene rings is 2. The van der Waals surface area contributed by atoms with Crippen LogP contribution in [0.1, 0.15) is 39.9 Å². The van der Waals surface area contributed by atoms with Crippen LogP contribution in [-0.4, -0.2) is 13.1 Å². The van der Waals surface area contributed by atoms with Gasteiger partial charge in [0.1, 0.15) is 5.75 Å². The summed E-state index contributed by atoms with van der Waals surface area (Å²) in [6.45, 7) is 0. The van der Waals surface area contributed by atoms with Gasteiger partial charge in [0, 0.05) is 21.6 Å². The fourth-order valence-corrected chi connectivity index (χ4v) is 4.47. The molecule has 0 saturated carbocycles. The van der Waals surface area contributed by atoms with E-state index in [1.807, 2.05) is 24.3 Å². The zero-order valence-electron chi connectivity index (χ0n) is 13.7. The van der Waals surface area contributed by atoms with E-state index in [1.165, 1.54) is 0 Å². The summed E-state index contributed by atoms with van der Waals surface area (Å²) in [7, 11) is 1.65. The van der Waals surface area contributed by atoms with Crippen LogP contribution in [0.4, 0.5) is 5.69 Å². The first-order valence-corrected chi connectivity index (χ1v) is 8.99. The Morgan fingerprint density at radius 1 is 1.32 bits per heavy atom. The molecule has 2 aromatic rings. The Morgan fingerprint density at radius 2 is 2.16 bits per heavy atom. The second-order valence-electron chi connectivity index (χ2n) is 6.46. The molecule has 2 aliphatic rings. The molecule has 0 radical (unpaired) electrons. The van der Waals surface area contributed by atoms with E-state index in [0.29, 0.717) is 11.6 Å². The highest BCUT2D eigenvalue weighted by Gasteiger charge is 2.39. The first-order chi connectivity index (χ1) is 12.1. The minimum absolute atomic E-state index is 0.0156. The number of carbonyl (C=O) groups is 1. The van der Waals surface area contributed by atoms with Crippen molar-refractivity contribution < 1.29 is 14.6 Å². The monoisotopic (exact) mass is 398 g/mol. The molecule has 2 aromatic carbocycles. The van der Waals surface area contributed by atoms with Crippen molar-refractivity contribution >= 4 is 27.6 Å². The van der Waals surface area contributed by atoms with Crippen molar-refractivity contribution in [2.75, 3.05) is 12.4 Å². The Balaban J connectivity index is 1.85.